The van der Waals surface area contributed by atoms with Crippen molar-refractivity contribution in [3.63, 3.8) is 0 Å². The van der Waals surface area contributed by atoms with E-state index in [0.717, 1.165) is 84.2 Å². The Morgan fingerprint density at radius 1 is 0.333 bits per heavy atom. The molecule has 0 aromatic carbocycles. The number of hydrogen-bond donors (Lipinski definition) is 1. The van der Waals surface area contributed by atoms with E-state index in [-0.39, 0.29) is 0 Å². The highest BCUT2D eigenvalue weighted by molar-refractivity contribution is 5.76. The van der Waals surface area contributed by atoms with Gasteiger partial charge in [0.25, 0.3) is 0 Å². The predicted molar refractivity (Wildman–Crippen MR) is 290 cm³/mol. The molecule has 6 heteroatoms. The van der Waals surface area contributed by atoms with Gasteiger partial charge in [0.05, 0.1) is 0 Å². The van der Waals surface area contributed by atoms with Crippen molar-refractivity contribution < 1.29 is 14.7 Å². The van der Waals surface area contributed by atoms with Crippen LogP contribution in [0.5, 0.6) is 0 Å². The van der Waals surface area contributed by atoms with Gasteiger partial charge in [-0.1, -0.05) is 246 Å². The van der Waals surface area contributed by atoms with Gasteiger partial charge in [0.1, 0.15) is 0 Å². The van der Waals surface area contributed by atoms with Gasteiger partial charge in [0, 0.05) is 51.7 Å². The van der Waals surface area contributed by atoms with E-state index < -0.39 is 0 Å². The highest BCUT2D eigenvalue weighted by Gasteiger charge is 2.40. The van der Waals surface area contributed by atoms with Crippen LogP contribution in [0.4, 0.5) is 0 Å². The van der Waals surface area contributed by atoms with Crippen LogP contribution in [0.15, 0.2) is 0 Å². The second-order valence-corrected chi connectivity index (χ2v) is 21.5. The lowest BCUT2D eigenvalue weighted by atomic mass is 10.1. The fourth-order valence-corrected chi connectivity index (χ4v) is 10.3. The molecule has 0 aliphatic heterocycles. The topological polar surface area (TPSA) is 64.1 Å². The molecule has 1 saturated carbocycles. The fraction of sp³-hybridized carbons (Fsp3) is 0.967. The number of unbranched alkanes of at least 4 members (excludes halogenated alkanes) is 36. The molecular formula is C60H119N3O3. The third-order valence-corrected chi connectivity index (χ3v) is 15.1. The van der Waals surface area contributed by atoms with E-state index in [0.29, 0.717) is 30.4 Å². The molecule has 1 N–H and O–H groups in total. The molecule has 1 aliphatic carbocycles. The van der Waals surface area contributed by atoms with Crippen LogP contribution in [0, 0.1) is 5.92 Å². The zero-order valence-electron chi connectivity index (χ0n) is 45.5. The van der Waals surface area contributed by atoms with Gasteiger partial charge in [-0.3, -0.25) is 9.59 Å². The number of aliphatic hydroxyl groups excluding tert-OH is 1. The summed E-state index contributed by atoms with van der Waals surface area (Å²) >= 11 is 0. The molecule has 2 amide bonds. The van der Waals surface area contributed by atoms with Crippen LogP contribution < -0.4 is 0 Å². The Hall–Kier alpha value is -1.14. The summed E-state index contributed by atoms with van der Waals surface area (Å²) in [5.74, 6) is 1.29. The van der Waals surface area contributed by atoms with Crippen molar-refractivity contribution in [2.45, 2.75) is 323 Å². The van der Waals surface area contributed by atoms with Crippen LogP contribution in [0.1, 0.15) is 317 Å². The number of aliphatic hydroxyl groups is 1. The Morgan fingerprint density at radius 2 is 0.561 bits per heavy atom. The third kappa shape index (κ3) is 38.7. The van der Waals surface area contributed by atoms with Crippen LogP contribution in [-0.4, -0.2) is 83.5 Å². The van der Waals surface area contributed by atoms with Crippen LogP contribution in [0.3, 0.4) is 0 Å². The molecule has 0 heterocycles. The maximum atomic E-state index is 13.4. The molecule has 1 fully saturated rings. The summed E-state index contributed by atoms with van der Waals surface area (Å²) in [6.45, 7) is 15.6. The van der Waals surface area contributed by atoms with Crippen molar-refractivity contribution in [2.75, 3.05) is 45.9 Å². The standard InChI is InChI=1S/C60H119N3O3/c1-5-9-13-17-21-25-33-43-51-62(52-44-34-26-22-18-14-10-6-2)59(65)47-39-31-29-37-41-49-61(58-55-57(58)56-64)50-42-38-30-32-40-48-60(66)63(53-45-35-27-23-19-15-11-7-3)54-46-36-28-24-20-16-12-8-4/h57-58,64H,5-56H2,1-4H3/t57-,58-/m1/s1. The molecule has 0 unspecified atom stereocenters. The van der Waals surface area contributed by atoms with Crippen LogP contribution >= 0.6 is 0 Å². The lowest BCUT2D eigenvalue weighted by molar-refractivity contribution is -0.132. The first kappa shape index (κ1) is 62.9. The van der Waals surface area contributed by atoms with Crippen molar-refractivity contribution >= 4 is 11.8 Å². The largest absolute Gasteiger partial charge is 0.396 e. The average molecular weight is 931 g/mol. The van der Waals surface area contributed by atoms with E-state index in [4.69, 9.17) is 0 Å². The first-order chi connectivity index (χ1) is 32.5. The highest BCUT2D eigenvalue weighted by atomic mass is 16.3. The molecule has 0 aromatic rings. The summed E-state index contributed by atoms with van der Waals surface area (Å²) in [6, 6.07) is 0.575. The van der Waals surface area contributed by atoms with Gasteiger partial charge < -0.3 is 19.8 Å². The molecule has 2 atom stereocenters. The summed E-state index contributed by atoms with van der Waals surface area (Å²) in [5, 5.41) is 9.87. The van der Waals surface area contributed by atoms with Crippen molar-refractivity contribution in [2.24, 2.45) is 5.92 Å². The first-order valence-corrected chi connectivity index (χ1v) is 30.4. The Bertz CT molecular complexity index is 913. The summed E-state index contributed by atoms with van der Waals surface area (Å²) in [4.78, 5) is 34.0. The number of carbonyl (C=O) groups excluding carboxylic acids is 2. The molecule has 0 saturated heterocycles. The molecule has 66 heavy (non-hydrogen) atoms. The second kappa shape index (κ2) is 48.9. The fourth-order valence-electron chi connectivity index (χ4n) is 10.3. The number of nitrogens with zero attached hydrogens (tertiary/aromatic N) is 3. The SMILES string of the molecule is CCCCCCCCCCN(CCCCCCCCCC)C(=O)CCCCCCCN(CCCCCCCC(=O)N(CCCCCCCCCC)CCCCCCCCCC)[C@@H]1C[C@@H]1CO. The maximum Gasteiger partial charge on any atom is 0.222 e. The van der Waals surface area contributed by atoms with Crippen LogP contribution in [-0.2, 0) is 9.59 Å². The Morgan fingerprint density at radius 3 is 0.803 bits per heavy atom. The monoisotopic (exact) mass is 930 g/mol. The quantitative estimate of drug-likeness (QED) is 0.0617. The van der Waals surface area contributed by atoms with Crippen molar-refractivity contribution in [3.05, 3.63) is 0 Å². The van der Waals surface area contributed by atoms with Crippen molar-refractivity contribution in [3.8, 4) is 0 Å². The van der Waals surface area contributed by atoms with Gasteiger partial charge in [-0.15, -0.1) is 0 Å². The minimum absolute atomic E-state index is 0.327. The van der Waals surface area contributed by atoms with Crippen molar-refractivity contribution in [1.82, 2.24) is 14.7 Å². The van der Waals surface area contributed by atoms with Crippen molar-refractivity contribution in [1.29, 1.82) is 0 Å². The van der Waals surface area contributed by atoms with Gasteiger partial charge in [0.2, 0.25) is 11.8 Å². The minimum Gasteiger partial charge on any atom is -0.396 e. The van der Waals surface area contributed by atoms with Crippen LogP contribution in [0.2, 0.25) is 0 Å². The second-order valence-electron chi connectivity index (χ2n) is 21.5. The van der Waals surface area contributed by atoms with E-state index >= 15 is 0 Å². The van der Waals surface area contributed by atoms with E-state index in [2.05, 4.69) is 42.4 Å². The Labute approximate surface area is 414 Å². The first-order valence-electron chi connectivity index (χ1n) is 30.4. The summed E-state index contributed by atoms with van der Waals surface area (Å²) in [6.07, 6.45) is 56.6. The van der Waals surface area contributed by atoms with E-state index in [1.807, 2.05) is 0 Å². The number of rotatable bonds is 54. The predicted octanol–water partition coefficient (Wildman–Crippen LogP) is 17.6. The molecule has 0 aromatic heterocycles. The smallest absolute Gasteiger partial charge is 0.222 e. The number of carbonyl (C=O) groups is 2. The highest BCUT2D eigenvalue weighted by Crippen LogP contribution is 2.35. The lowest BCUT2D eigenvalue weighted by Gasteiger charge is -2.23. The average Bonchev–Trinajstić information content (AvgIpc) is 4.12. The Kier molecular flexibility index (Phi) is 46.6. The zero-order chi connectivity index (χ0) is 47.8. The van der Waals surface area contributed by atoms with E-state index in [1.54, 1.807) is 0 Å². The third-order valence-electron chi connectivity index (χ3n) is 15.1. The summed E-state index contributed by atoms with van der Waals surface area (Å²) < 4.78 is 0. The van der Waals surface area contributed by atoms with Gasteiger partial charge in [-0.2, -0.15) is 0 Å². The zero-order valence-corrected chi connectivity index (χ0v) is 45.5. The Balaban J connectivity index is 2.36. The lowest BCUT2D eigenvalue weighted by Crippen LogP contribution is -2.32. The summed E-state index contributed by atoms with van der Waals surface area (Å²) in [5.41, 5.74) is 0. The van der Waals surface area contributed by atoms with Gasteiger partial charge in [-0.25, -0.2) is 0 Å². The van der Waals surface area contributed by atoms with E-state index in [1.165, 1.54) is 244 Å². The number of hydrogen-bond acceptors (Lipinski definition) is 4. The normalized spacial score (nSPS) is 14.7. The van der Waals surface area contributed by atoms with Gasteiger partial charge in [-0.05, 0) is 76.8 Å². The molecule has 0 bridgehead atoms. The molecule has 392 valence electrons. The molecule has 1 rings (SSSR count). The molecule has 1 aliphatic rings. The minimum atomic E-state index is 0.327. The molecule has 0 spiro atoms. The van der Waals surface area contributed by atoms with E-state index in [9.17, 15) is 14.7 Å². The van der Waals surface area contributed by atoms with Gasteiger partial charge >= 0.3 is 0 Å². The molecule has 0 radical (unpaired) electrons. The summed E-state index contributed by atoms with van der Waals surface area (Å²) in [7, 11) is 0. The number of amides is 2. The van der Waals surface area contributed by atoms with Gasteiger partial charge in [0.15, 0.2) is 0 Å². The maximum absolute atomic E-state index is 13.4. The molecule has 6 nitrogen and oxygen atoms in total. The van der Waals surface area contributed by atoms with Crippen LogP contribution in [0.25, 0.3) is 0 Å². The molecular weight excluding hydrogens is 811 g/mol.